The second-order valence-corrected chi connectivity index (χ2v) is 11.8. The highest BCUT2D eigenvalue weighted by atomic mass is 35.5. The number of nitrogens with one attached hydrogen (secondary N) is 2. The van der Waals surface area contributed by atoms with Crippen molar-refractivity contribution in [2.45, 2.75) is 44.4 Å². The third kappa shape index (κ3) is 7.85. The van der Waals surface area contributed by atoms with Gasteiger partial charge in [-0.2, -0.15) is 9.37 Å². The van der Waals surface area contributed by atoms with Crippen molar-refractivity contribution in [3.05, 3.63) is 64.2 Å². The number of hydrogen-bond acceptors (Lipinski definition) is 10. The Bertz CT molecular complexity index is 1540. The largest absolute Gasteiger partial charge is 0.476 e. The molecular formula is C31H37ClFN7O5. The summed E-state index contributed by atoms with van der Waals surface area (Å²) in [7, 11) is 3.76. The third-order valence-electron chi connectivity index (χ3n) is 7.84. The number of nitrogens with zero attached hydrogens (tertiary/aromatic N) is 5. The number of ether oxygens (including phenoxy) is 2. The number of fused-ring (bicyclic) bond motifs is 1. The normalized spacial score (nSPS) is 16.4. The Kier molecular flexibility index (Phi) is 10.4. The molecule has 4 heterocycles. The minimum atomic E-state index is -0.941. The van der Waals surface area contributed by atoms with E-state index in [1.165, 1.54) is 17.2 Å². The van der Waals surface area contributed by atoms with E-state index in [9.17, 15) is 19.1 Å². The molecule has 5 rings (SSSR count). The number of carbonyl (C=O) groups excluding carboxylic acids is 2. The Hall–Kier alpha value is -3.91. The zero-order valence-electron chi connectivity index (χ0n) is 25.4. The standard InChI is InChI=1S/C31H37ClFN7O5/c1-18(29(42)36-25(17-41)21-13-26(33)37-27(14-21)45-11-8-39(2)3)40-16-20-5-4-19(12-23(20)30(40)43)28-24(32)15-34-31(38-28)35-22-6-9-44-10-7-22/h4-5,12-15,18,22,25,41H,6-11,16-17H2,1-3H3,(H,36,42)(H,34,35,38)/t18-,25-/m1/s1. The Morgan fingerprint density at radius 2 is 2.02 bits per heavy atom. The van der Waals surface area contributed by atoms with E-state index in [0.717, 1.165) is 24.5 Å². The second-order valence-electron chi connectivity index (χ2n) is 11.4. The Morgan fingerprint density at radius 3 is 2.76 bits per heavy atom. The molecule has 14 heteroatoms. The second kappa shape index (κ2) is 14.5. The van der Waals surface area contributed by atoms with Crippen molar-refractivity contribution in [3.63, 3.8) is 0 Å². The number of aliphatic hydroxyl groups is 1. The molecule has 0 spiro atoms. The first-order chi connectivity index (χ1) is 21.6. The van der Waals surface area contributed by atoms with Crippen LogP contribution in [0.15, 0.2) is 36.5 Å². The summed E-state index contributed by atoms with van der Waals surface area (Å²) in [5, 5.41) is 16.5. The molecule has 2 aliphatic heterocycles. The van der Waals surface area contributed by atoms with E-state index in [0.29, 0.717) is 53.1 Å². The van der Waals surface area contributed by atoms with Gasteiger partial charge in [0.2, 0.25) is 23.7 Å². The molecule has 1 saturated heterocycles. The van der Waals surface area contributed by atoms with Gasteiger partial charge in [-0.3, -0.25) is 9.59 Å². The molecule has 0 bridgehead atoms. The summed E-state index contributed by atoms with van der Waals surface area (Å²) in [6.07, 6.45) is 3.23. The summed E-state index contributed by atoms with van der Waals surface area (Å²) < 4.78 is 25.2. The molecule has 2 atom stereocenters. The predicted octanol–water partition coefficient (Wildman–Crippen LogP) is 3.06. The van der Waals surface area contributed by atoms with Gasteiger partial charge in [-0.15, -0.1) is 0 Å². The van der Waals surface area contributed by atoms with Gasteiger partial charge in [0.25, 0.3) is 5.91 Å². The van der Waals surface area contributed by atoms with Crippen LogP contribution in [0.3, 0.4) is 0 Å². The fourth-order valence-corrected chi connectivity index (χ4v) is 5.42. The lowest BCUT2D eigenvalue weighted by atomic mass is 10.0. The van der Waals surface area contributed by atoms with Gasteiger partial charge < -0.3 is 35.0 Å². The van der Waals surface area contributed by atoms with Crippen LogP contribution >= 0.6 is 11.6 Å². The average Bonchev–Trinajstić information content (AvgIpc) is 3.35. The van der Waals surface area contributed by atoms with Crippen LogP contribution in [-0.4, -0.2) is 101 Å². The van der Waals surface area contributed by atoms with E-state index in [1.54, 1.807) is 13.0 Å². The molecule has 12 nitrogen and oxygen atoms in total. The number of aliphatic hydroxyl groups excluding tert-OH is 1. The SMILES string of the molecule is C[C@H](C(=O)N[C@H](CO)c1cc(F)nc(OCCN(C)C)c1)N1Cc2ccc(-c3nc(NC4CCOCC4)ncc3Cl)cc2C1=O. The number of halogens is 2. The van der Waals surface area contributed by atoms with Crippen LogP contribution in [0.4, 0.5) is 10.3 Å². The Labute approximate surface area is 265 Å². The minimum Gasteiger partial charge on any atom is -0.476 e. The molecule has 2 amide bonds. The molecule has 1 aromatic carbocycles. The third-order valence-corrected chi connectivity index (χ3v) is 8.12. The van der Waals surface area contributed by atoms with E-state index in [1.807, 2.05) is 31.1 Å². The number of benzene rings is 1. The topological polar surface area (TPSA) is 142 Å². The van der Waals surface area contributed by atoms with Crippen molar-refractivity contribution in [3.8, 4) is 17.1 Å². The van der Waals surface area contributed by atoms with Gasteiger partial charge in [-0.1, -0.05) is 23.7 Å². The monoisotopic (exact) mass is 641 g/mol. The van der Waals surface area contributed by atoms with Crippen molar-refractivity contribution in [1.29, 1.82) is 0 Å². The van der Waals surface area contributed by atoms with Crippen LogP contribution in [-0.2, 0) is 16.1 Å². The van der Waals surface area contributed by atoms with Gasteiger partial charge >= 0.3 is 0 Å². The van der Waals surface area contributed by atoms with Gasteiger partial charge in [0.05, 0.1) is 29.6 Å². The van der Waals surface area contributed by atoms with E-state index in [-0.39, 0.29) is 31.0 Å². The molecule has 2 aromatic heterocycles. The maximum absolute atomic E-state index is 14.3. The molecule has 2 aliphatic rings. The van der Waals surface area contributed by atoms with E-state index < -0.39 is 30.5 Å². The smallest absolute Gasteiger partial charge is 0.255 e. The number of carbonyl (C=O) groups is 2. The molecule has 0 unspecified atom stereocenters. The van der Waals surface area contributed by atoms with Crippen LogP contribution < -0.4 is 15.4 Å². The summed E-state index contributed by atoms with van der Waals surface area (Å²) in [6, 6.07) is 6.37. The van der Waals surface area contributed by atoms with Crippen molar-refractivity contribution < 1.29 is 28.6 Å². The van der Waals surface area contributed by atoms with E-state index in [4.69, 9.17) is 21.1 Å². The van der Waals surface area contributed by atoms with Crippen LogP contribution in [0, 0.1) is 5.95 Å². The first-order valence-electron chi connectivity index (χ1n) is 14.8. The summed E-state index contributed by atoms with van der Waals surface area (Å²) >= 11 is 6.47. The zero-order valence-corrected chi connectivity index (χ0v) is 26.2. The van der Waals surface area contributed by atoms with E-state index in [2.05, 4.69) is 25.6 Å². The lowest BCUT2D eigenvalue weighted by molar-refractivity contribution is -0.126. The Morgan fingerprint density at radius 1 is 1.24 bits per heavy atom. The molecule has 1 fully saturated rings. The van der Waals surface area contributed by atoms with Crippen LogP contribution in [0.2, 0.25) is 5.02 Å². The van der Waals surface area contributed by atoms with E-state index >= 15 is 0 Å². The molecule has 0 radical (unpaired) electrons. The number of likely N-dealkylation sites (N-methyl/N-ethyl adjacent to an activating group) is 1. The highest BCUT2D eigenvalue weighted by Crippen LogP contribution is 2.32. The number of anilines is 1. The molecular weight excluding hydrogens is 605 g/mol. The van der Waals surface area contributed by atoms with Crippen LogP contribution in [0.1, 0.15) is 47.3 Å². The molecule has 0 aliphatic carbocycles. The molecule has 240 valence electrons. The van der Waals surface area contributed by atoms with Gasteiger partial charge in [0.1, 0.15) is 12.6 Å². The highest BCUT2D eigenvalue weighted by Gasteiger charge is 2.35. The molecule has 3 aromatic rings. The molecule has 45 heavy (non-hydrogen) atoms. The van der Waals surface area contributed by atoms with Gasteiger partial charge in [-0.05, 0) is 57.1 Å². The summed E-state index contributed by atoms with van der Waals surface area (Å²) in [5.41, 5.74) is 2.62. The Balaban J connectivity index is 1.27. The van der Waals surface area contributed by atoms with Crippen molar-refractivity contribution in [2.24, 2.45) is 0 Å². The van der Waals surface area contributed by atoms with Crippen LogP contribution in [0.25, 0.3) is 11.3 Å². The summed E-state index contributed by atoms with van der Waals surface area (Å²) in [6.45, 7) is 3.55. The van der Waals surface area contributed by atoms with Crippen molar-refractivity contribution in [2.75, 3.05) is 52.4 Å². The lowest BCUT2D eigenvalue weighted by Crippen LogP contribution is -2.46. The van der Waals surface area contributed by atoms with Crippen molar-refractivity contribution in [1.82, 2.24) is 30.1 Å². The van der Waals surface area contributed by atoms with Gasteiger partial charge in [0, 0.05) is 49.5 Å². The van der Waals surface area contributed by atoms with Gasteiger partial charge in [0.15, 0.2) is 0 Å². The summed E-state index contributed by atoms with van der Waals surface area (Å²) in [5.74, 6) is -1.15. The molecule has 3 N–H and O–H groups in total. The fourth-order valence-electron chi connectivity index (χ4n) is 5.21. The first kappa shape index (κ1) is 32.5. The number of hydrogen-bond donors (Lipinski definition) is 3. The fraction of sp³-hybridized carbons (Fsp3) is 0.452. The number of aromatic nitrogens is 3. The number of rotatable bonds is 12. The quantitative estimate of drug-likeness (QED) is 0.253. The number of amides is 2. The molecule has 0 saturated carbocycles. The van der Waals surface area contributed by atoms with Gasteiger partial charge in [-0.25, -0.2) is 9.97 Å². The maximum Gasteiger partial charge on any atom is 0.255 e. The first-order valence-corrected chi connectivity index (χ1v) is 15.2. The maximum atomic E-state index is 14.3. The highest BCUT2D eigenvalue weighted by molar-refractivity contribution is 6.33. The average molecular weight is 642 g/mol. The number of pyridine rings is 1. The summed E-state index contributed by atoms with van der Waals surface area (Å²) in [4.78, 5) is 42.9. The van der Waals surface area contributed by atoms with Crippen molar-refractivity contribution >= 4 is 29.4 Å². The predicted molar refractivity (Wildman–Crippen MR) is 165 cm³/mol. The minimum absolute atomic E-state index is 0.0452. The van der Waals surface area contributed by atoms with Crippen LogP contribution in [0.5, 0.6) is 5.88 Å². The lowest BCUT2D eigenvalue weighted by Gasteiger charge is -2.26. The zero-order chi connectivity index (χ0) is 32.1.